The van der Waals surface area contributed by atoms with Gasteiger partial charge in [0.15, 0.2) is 11.6 Å². The number of methoxy groups -OCH3 is 3. The fourth-order valence-corrected chi connectivity index (χ4v) is 6.14. The summed E-state index contributed by atoms with van der Waals surface area (Å²) in [6, 6.07) is 11.2. The van der Waals surface area contributed by atoms with E-state index in [1.807, 2.05) is 0 Å². The van der Waals surface area contributed by atoms with Gasteiger partial charge in [-0.25, -0.2) is 0 Å². The molecule has 2 aliphatic rings. The summed E-state index contributed by atoms with van der Waals surface area (Å²) in [7, 11) is 3.97. The molecular weight excluding hydrogens is 516 g/mol. The molecule has 2 saturated carbocycles. The number of carbonyl (C=O) groups excluding carboxylic acids is 4. The summed E-state index contributed by atoms with van der Waals surface area (Å²) in [5.41, 5.74) is -2.09. The zero-order chi connectivity index (χ0) is 29.1. The molecule has 9 heteroatoms. The van der Waals surface area contributed by atoms with Gasteiger partial charge >= 0.3 is 11.9 Å². The number of rotatable bonds is 8. The first-order valence-electron chi connectivity index (χ1n) is 13.6. The molecule has 0 radical (unpaired) electrons. The van der Waals surface area contributed by atoms with Gasteiger partial charge in [-0.1, -0.05) is 49.9 Å². The number of ketones is 2. The van der Waals surface area contributed by atoms with Gasteiger partial charge in [0.25, 0.3) is 0 Å². The highest BCUT2D eigenvalue weighted by Crippen LogP contribution is 2.40. The number of esters is 2. The fourth-order valence-electron chi connectivity index (χ4n) is 6.14. The predicted molar refractivity (Wildman–Crippen MR) is 145 cm³/mol. The minimum Gasteiger partial charge on any atom is -0.496 e. The highest BCUT2D eigenvalue weighted by atomic mass is 16.5. The first-order valence-corrected chi connectivity index (χ1v) is 13.6. The van der Waals surface area contributed by atoms with Gasteiger partial charge in [0.1, 0.15) is 17.0 Å². The van der Waals surface area contributed by atoms with Crippen molar-refractivity contribution >= 4 is 23.5 Å². The molecule has 2 aromatic carbocycles. The van der Waals surface area contributed by atoms with Crippen molar-refractivity contribution in [1.29, 1.82) is 0 Å². The van der Waals surface area contributed by atoms with Crippen LogP contribution in [0.1, 0.15) is 72.1 Å². The summed E-state index contributed by atoms with van der Waals surface area (Å²) in [6.07, 6.45) is 3.71. The molecule has 0 bridgehead atoms. The quantitative estimate of drug-likeness (QED) is 0.369. The Morgan fingerprint density at radius 1 is 0.700 bits per heavy atom. The Labute approximate surface area is 233 Å². The molecule has 9 nitrogen and oxygen atoms in total. The molecule has 2 fully saturated rings. The lowest BCUT2D eigenvalue weighted by Crippen LogP contribution is -2.51. The molecule has 0 aromatic heterocycles. The lowest BCUT2D eigenvalue weighted by molar-refractivity contribution is -0.156. The van der Waals surface area contributed by atoms with E-state index < -0.39 is 46.5 Å². The van der Waals surface area contributed by atoms with Crippen molar-refractivity contribution in [3.8, 4) is 16.9 Å². The van der Waals surface area contributed by atoms with Crippen molar-refractivity contribution in [2.45, 2.75) is 62.6 Å². The van der Waals surface area contributed by atoms with Crippen molar-refractivity contribution in [3.05, 3.63) is 53.6 Å². The lowest BCUT2D eigenvalue weighted by Gasteiger charge is -2.37. The number of Topliss-reactive ketones (excluding diaryl/α,β-unsaturated/α-hetero) is 2. The van der Waals surface area contributed by atoms with Crippen LogP contribution in [0.25, 0.3) is 11.1 Å². The van der Waals surface area contributed by atoms with Crippen molar-refractivity contribution < 1.29 is 43.6 Å². The Bertz CT molecular complexity index is 1280. The molecule has 4 unspecified atom stereocenters. The smallest absolute Gasteiger partial charge is 0.312 e. The van der Waals surface area contributed by atoms with Crippen LogP contribution in [0.2, 0.25) is 0 Å². The van der Waals surface area contributed by atoms with E-state index >= 15 is 0 Å². The molecule has 2 aromatic rings. The maximum Gasteiger partial charge on any atom is 0.312 e. The van der Waals surface area contributed by atoms with Crippen LogP contribution in [0, 0.1) is 11.8 Å². The topological polar surface area (TPSA) is 136 Å². The molecular formula is C31H36O9. The Kier molecular flexibility index (Phi) is 8.75. The zero-order valence-electron chi connectivity index (χ0n) is 23.1. The van der Waals surface area contributed by atoms with E-state index in [1.165, 1.54) is 21.3 Å². The number of aliphatic hydroxyl groups is 2. The second kappa shape index (κ2) is 11.9. The van der Waals surface area contributed by atoms with Gasteiger partial charge in [-0.05, 0) is 49.4 Å². The Morgan fingerprint density at radius 2 is 1.18 bits per heavy atom. The van der Waals surface area contributed by atoms with Crippen LogP contribution in [0.3, 0.4) is 0 Å². The van der Waals surface area contributed by atoms with Gasteiger partial charge in [-0.2, -0.15) is 0 Å². The number of hydrogen-bond donors (Lipinski definition) is 2. The lowest BCUT2D eigenvalue weighted by atomic mass is 9.71. The molecule has 214 valence electrons. The molecule has 2 aliphatic carbocycles. The van der Waals surface area contributed by atoms with E-state index in [9.17, 15) is 29.4 Å². The molecule has 0 aliphatic heterocycles. The average Bonchev–Trinajstić information content (AvgIpc) is 2.99. The number of carbonyl (C=O) groups is 4. The van der Waals surface area contributed by atoms with E-state index in [4.69, 9.17) is 14.2 Å². The van der Waals surface area contributed by atoms with E-state index in [0.29, 0.717) is 49.0 Å². The van der Waals surface area contributed by atoms with Crippen molar-refractivity contribution in [2.75, 3.05) is 21.3 Å². The summed E-state index contributed by atoms with van der Waals surface area (Å²) in [4.78, 5) is 51.7. The van der Waals surface area contributed by atoms with Crippen LogP contribution in [0.4, 0.5) is 0 Å². The van der Waals surface area contributed by atoms with Crippen molar-refractivity contribution in [3.63, 3.8) is 0 Å². The molecule has 0 saturated heterocycles. The fraction of sp³-hybridized carbons (Fsp3) is 0.484. The maximum atomic E-state index is 13.6. The Balaban J connectivity index is 1.65. The second-order valence-corrected chi connectivity index (χ2v) is 10.6. The Morgan fingerprint density at radius 3 is 1.65 bits per heavy atom. The minimum absolute atomic E-state index is 0.152. The van der Waals surface area contributed by atoms with Gasteiger partial charge in [-0.15, -0.1) is 0 Å². The van der Waals surface area contributed by atoms with Crippen molar-refractivity contribution in [1.82, 2.24) is 0 Å². The molecule has 0 heterocycles. The van der Waals surface area contributed by atoms with Crippen LogP contribution < -0.4 is 4.74 Å². The first kappa shape index (κ1) is 29.4. The second-order valence-electron chi connectivity index (χ2n) is 10.6. The molecule has 0 amide bonds. The van der Waals surface area contributed by atoms with Crippen LogP contribution in [0.5, 0.6) is 5.75 Å². The molecule has 2 N–H and O–H groups in total. The SMILES string of the molecule is COC(=O)C1CCCCC1(O)C(=O)c1ccc(-c2cc(C(=O)C3(O)CCCCC3C(=O)OC)ccc2OC)cc1. The van der Waals surface area contributed by atoms with Gasteiger partial charge in [0.05, 0.1) is 33.2 Å². The summed E-state index contributed by atoms with van der Waals surface area (Å²) in [5.74, 6) is -3.74. The van der Waals surface area contributed by atoms with Gasteiger partial charge in [0, 0.05) is 16.7 Å². The van der Waals surface area contributed by atoms with Crippen LogP contribution in [-0.2, 0) is 19.1 Å². The van der Waals surface area contributed by atoms with Gasteiger partial charge in [-0.3, -0.25) is 19.2 Å². The summed E-state index contributed by atoms with van der Waals surface area (Å²) in [5, 5.41) is 22.7. The normalized spacial score (nSPS) is 26.4. The van der Waals surface area contributed by atoms with Crippen LogP contribution >= 0.6 is 0 Å². The summed E-state index contributed by atoms with van der Waals surface area (Å²) >= 11 is 0. The van der Waals surface area contributed by atoms with Crippen molar-refractivity contribution in [2.24, 2.45) is 11.8 Å². The van der Waals surface area contributed by atoms with E-state index in [0.717, 1.165) is 6.42 Å². The monoisotopic (exact) mass is 552 g/mol. The van der Waals surface area contributed by atoms with E-state index in [1.54, 1.807) is 42.5 Å². The van der Waals surface area contributed by atoms with Gasteiger partial charge < -0.3 is 24.4 Å². The summed E-state index contributed by atoms with van der Waals surface area (Å²) < 4.78 is 15.2. The number of hydrogen-bond acceptors (Lipinski definition) is 9. The highest BCUT2D eigenvalue weighted by molar-refractivity contribution is 6.06. The van der Waals surface area contributed by atoms with Crippen LogP contribution in [-0.4, -0.2) is 66.2 Å². The minimum atomic E-state index is -1.88. The molecule has 4 rings (SSSR count). The third-order valence-corrected chi connectivity index (χ3v) is 8.43. The standard InChI is InChI=1S/C31H36O9/c1-38-25-15-14-21(27(33)31(37)17-7-5-9-24(31)29(35)40-3)18-22(25)19-10-12-20(13-11-19)26(32)30(36)16-6-4-8-23(30)28(34)39-2/h10-15,18,23-24,36-37H,4-9,16-17H2,1-3H3. The van der Waals surface area contributed by atoms with E-state index in [-0.39, 0.29) is 24.0 Å². The third kappa shape index (κ3) is 5.28. The van der Waals surface area contributed by atoms with E-state index in [2.05, 4.69) is 0 Å². The highest BCUT2D eigenvalue weighted by Gasteiger charge is 2.51. The molecule has 4 atom stereocenters. The number of benzene rings is 2. The first-order chi connectivity index (χ1) is 19.1. The molecule has 40 heavy (non-hydrogen) atoms. The summed E-state index contributed by atoms with van der Waals surface area (Å²) in [6.45, 7) is 0. The Hall–Kier alpha value is -3.56. The number of ether oxygens (including phenoxy) is 3. The zero-order valence-corrected chi connectivity index (χ0v) is 23.1. The largest absolute Gasteiger partial charge is 0.496 e. The predicted octanol–water partition coefficient (Wildman–Crippen LogP) is 3.92. The third-order valence-electron chi connectivity index (χ3n) is 8.43. The molecule has 0 spiro atoms. The average molecular weight is 553 g/mol. The van der Waals surface area contributed by atoms with Crippen LogP contribution in [0.15, 0.2) is 42.5 Å². The maximum absolute atomic E-state index is 13.6. The van der Waals surface area contributed by atoms with Gasteiger partial charge in [0.2, 0.25) is 0 Å².